The van der Waals surface area contributed by atoms with E-state index in [4.69, 9.17) is 26.3 Å². The number of aromatic nitrogens is 2. The van der Waals surface area contributed by atoms with Gasteiger partial charge in [-0.15, -0.1) is 0 Å². The van der Waals surface area contributed by atoms with Gasteiger partial charge in [-0.3, -0.25) is 4.79 Å². The fourth-order valence-corrected chi connectivity index (χ4v) is 6.53. The smallest absolute Gasteiger partial charge is 0.421 e. The first-order valence-electron chi connectivity index (χ1n) is 14.6. The monoisotopic (exact) mass is 614 g/mol. The maximum absolute atomic E-state index is 13.1. The van der Waals surface area contributed by atoms with Crippen molar-refractivity contribution in [1.82, 2.24) is 19.8 Å². The highest BCUT2D eigenvalue weighted by Gasteiger charge is 2.40. The summed E-state index contributed by atoms with van der Waals surface area (Å²) in [7, 11) is 2.08. The normalized spacial score (nSPS) is 19.6. The van der Waals surface area contributed by atoms with Crippen molar-refractivity contribution >= 4 is 39.8 Å². The van der Waals surface area contributed by atoms with Crippen molar-refractivity contribution in [3.63, 3.8) is 0 Å². The van der Waals surface area contributed by atoms with E-state index in [1.54, 1.807) is 0 Å². The second-order valence-electron chi connectivity index (χ2n) is 11.4. The molecule has 0 saturated carbocycles. The molecule has 228 valence electrons. The largest absolute Gasteiger partial charge is 0.462 e. The van der Waals surface area contributed by atoms with Gasteiger partial charge in [0, 0.05) is 55.4 Å². The Labute approximate surface area is 253 Å². The number of rotatable bonds is 6. The summed E-state index contributed by atoms with van der Waals surface area (Å²) in [5, 5.41) is 2.74. The Hall–Kier alpha value is -3.57. The highest BCUT2D eigenvalue weighted by atomic mass is 35.5. The zero-order chi connectivity index (χ0) is 30.3. The third kappa shape index (κ3) is 5.97. The number of hydrogen-bond acceptors (Lipinski definition) is 7. The summed E-state index contributed by atoms with van der Waals surface area (Å²) in [5.41, 5.74) is 1.52. The number of hydrogen-bond donors (Lipinski definition) is 0. The molecule has 1 aromatic heterocycles. The number of carbonyl (C=O) groups is 1. The van der Waals surface area contributed by atoms with Crippen molar-refractivity contribution in [3.8, 4) is 6.01 Å². The first kappa shape index (κ1) is 29.5. The van der Waals surface area contributed by atoms with Gasteiger partial charge in [0.15, 0.2) is 0 Å². The number of halogens is 4. The fourth-order valence-electron chi connectivity index (χ4n) is 6.25. The van der Waals surface area contributed by atoms with Crippen LogP contribution in [0.3, 0.4) is 0 Å². The van der Waals surface area contributed by atoms with Crippen LogP contribution in [0, 0.1) is 0 Å². The zero-order valence-corrected chi connectivity index (χ0v) is 24.8. The summed E-state index contributed by atoms with van der Waals surface area (Å²) < 4.78 is 45.5. The Bertz CT molecular complexity index is 1540. The molecule has 2 saturated heterocycles. The molecular weight excluding hydrogens is 581 g/mol. The third-order valence-electron chi connectivity index (χ3n) is 8.74. The lowest BCUT2D eigenvalue weighted by molar-refractivity contribution is -0.139. The molecule has 1 amide bonds. The molecule has 0 aliphatic carbocycles. The molecule has 3 aromatic rings. The van der Waals surface area contributed by atoms with E-state index in [0.29, 0.717) is 44.2 Å². The molecule has 0 radical (unpaired) electrons. The fraction of sp³-hybridized carbons (Fsp3) is 0.452. The highest BCUT2D eigenvalue weighted by Crippen LogP contribution is 2.37. The second-order valence-corrected chi connectivity index (χ2v) is 11.8. The van der Waals surface area contributed by atoms with Crippen LogP contribution in [-0.4, -0.2) is 90.8 Å². The van der Waals surface area contributed by atoms with E-state index in [0.717, 1.165) is 52.9 Å². The van der Waals surface area contributed by atoms with Crippen molar-refractivity contribution < 1.29 is 22.7 Å². The van der Waals surface area contributed by atoms with E-state index in [9.17, 15) is 18.0 Å². The number of nitrogens with zero attached hydrogens (tertiary/aromatic N) is 6. The number of likely N-dealkylation sites (tertiary alicyclic amines) is 1. The SMILES string of the molecule is C=C(C(=O)N1CCN(c2nc(OCC3CCCN3C)nc3c2CCN(c2cccc4cccc(Cl)c24)C3)CC1)C(F)(F)F. The Morgan fingerprint density at radius 2 is 1.79 bits per heavy atom. The summed E-state index contributed by atoms with van der Waals surface area (Å²) in [6, 6.07) is 12.6. The van der Waals surface area contributed by atoms with Crippen LogP contribution in [0.4, 0.5) is 24.7 Å². The first-order chi connectivity index (χ1) is 20.6. The highest BCUT2D eigenvalue weighted by molar-refractivity contribution is 6.36. The maximum Gasteiger partial charge on any atom is 0.421 e. The number of ether oxygens (including phenoxy) is 1. The number of amides is 1. The van der Waals surface area contributed by atoms with Gasteiger partial charge in [-0.1, -0.05) is 42.4 Å². The van der Waals surface area contributed by atoms with Crippen LogP contribution < -0.4 is 14.5 Å². The molecule has 3 aliphatic rings. The van der Waals surface area contributed by atoms with Gasteiger partial charge < -0.3 is 24.3 Å². The summed E-state index contributed by atoms with van der Waals surface area (Å²) in [6.07, 6.45) is -1.92. The van der Waals surface area contributed by atoms with Gasteiger partial charge in [-0.25, -0.2) is 0 Å². The Morgan fingerprint density at radius 1 is 1.05 bits per heavy atom. The third-order valence-corrected chi connectivity index (χ3v) is 9.05. The van der Waals surface area contributed by atoms with Gasteiger partial charge in [-0.05, 0) is 50.4 Å². The second kappa shape index (κ2) is 11.8. The van der Waals surface area contributed by atoms with E-state index < -0.39 is 17.7 Å². The lowest BCUT2D eigenvalue weighted by Gasteiger charge is -2.38. The number of carbonyl (C=O) groups excluding carboxylic acids is 1. The van der Waals surface area contributed by atoms with Crippen LogP contribution in [0.15, 0.2) is 48.6 Å². The van der Waals surface area contributed by atoms with Gasteiger partial charge in [-0.2, -0.15) is 23.1 Å². The van der Waals surface area contributed by atoms with Crippen molar-refractivity contribution in [1.29, 1.82) is 0 Å². The zero-order valence-electron chi connectivity index (χ0n) is 24.0. The minimum atomic E-state index is -4.75. The molecular formula is C31H34ClF3N6O2. The molecule has 8 nitrogen and oxygen atoms in total. The summed E-state index contributed by atoms with van der Waals surface area (Å²) in [4.78, 5) is 29.9. The van der Waals surface area contributed by atoms with Crippen molar-refractivity contribution in [2.24, 2.45) is 0 Å². The van der Waals surface area contributed by atoms with Crippen LogP contribution in [-0.2, 0) is 17.8 Å². The Balaban J connectivity index is 1.28. The average molecular weight is 615 g/mol. The first-order valence-corrected chi connectivity index (χ1v) is 14.9. The van der Waals surface area contributed by atoms with Crippen LogP contribution in [0.5, 0.6) is 6.01 Å². The molecule has 1 unspecified atom stereocenters. The molecule has 6 rings (SSSR count). The van der Waals surface area contributed by atoms with Crippen LogP contribution in [0.1, 0.15) is 24.1 Å². The quantitative estimate of drug-likeness (QED) is 0.359. The molecule has 3 aliphatic heterocycles. The van der Waals surface area contributed by atoms with Gasteiger partial charge in [0.2, 0.25) is 0 Å². The van der Waals surface area contributed by atoms with Gasteiger partial charge in [0.05, 0.1) is 17.3 Å². The predicted molar refractivity (Wildman–Crippen MR) is 161 cm³/mol. The van der Waals surface area contributed by atoms with Crippen LogP contribution in [0.25, 0.3) is 10.8 Å². The van der Waals surface area contributed by atoms with E-state index >= 15 is 0 Å². The molecule has 12 heteroatoms. The van der Waals surface area contributed by atoms with Crippen molar-refractivity contribution in [2.75, 3.05) is 62.7 Å². The number of fused-ring (bicyclic) bond motifs is 2. The Morgan fingerprint density at radius 3 is 2.49 bits per heavy atom. The molecule has 2 fully saturated rings. The summed E-state index contributed by atoms with van der Waals surface area (Å²) >= 11 is 6.65. The molecule has 2 aromatic carbocycles. The molecule has 0 spiro atoms. The van der Waals surface area contributed by atoms with Crippen molar-refractivity contribution in [2.45, 2.75) is 38.0 Å². The van der Waals surface area contributed by atoms with Crippen LogP contribution in [0.2, 0.25) is 5.02 Å². The van der Waals surface area contributed by atoms with E-state index in [1.807, 2.05) is 35.2 Å². The number of anilines is 2. The summed E-state index contributed by atoms with van der Waals surface area (Å²) in [5.74, 6) is -0.358. The molecule has 4 heterocycles. The topological polar surface area (TPSA) is 65.0 Å². The Kier molecular flexibility index (Phi) is 8.12. The predicted octanol–water partition coefficient (Wildman–Crippen LogP) is 5.09. The molecule has 1 atom stereocenters. The lowest BCUT2D eigenvalue weighted by Crippen LogP contribution is -2.50. The van der Waals surface area contributed by atoms with Gasteiger partial charge in [0.25, 0.3) is 5.91 Å². The number of piperazine rings is 1. The van der Waals surface area contributed by atoms with Crippen molar-refractivity contribution in [3.05, 3.63) is 64.8 Å². The average Bonchev–Trinajstić information content (AvgIpc) is 3.42. The van der Waals surface area contributed by atoms with E-state index in [-0.39, 0.29) is 25.1 Å². The molecule has 0 bridgehead atoms. The standard InChI is InChI=1S/C31H34ClF3N6O2/c1-20(31(33,34)35)29(42)40-16-14-39(15-17-40)28-23-11-13-41(26-10-4-7-21-6-3-9-24(32)27(21)26)18-25(23)36-30(37-28)43-19-22-8-5-12-38(22)2/h3-4,6-7,9-10,22H,1,5,8,11-19H2,2H3. The van der Waals surface area contributed by atoms with E-state index in [2.05, 4.69) is 29.5 Å². The van der Waals surface area contributed by atoms with E-state index in [1.165, 1.54) is 4.90 Å². The molecule has 43 heavy (non-hydrogen) atoms. The molecule has 0 N–H and O–H groups in total. The minimum Gasteiger partial charge on any atom is -0.462 e. The summed E-state index contributed by atoms with van der Waals surface area (Å²) in [6.45, 7) is 6.67. The van der Waals surface area contributed by atoms with Gasteiger partial charge >= 0.3 is 12.2 Å². The number of alkyl halides is 3. The minimum absolute atomic E-state index is 0.135. The number of likely N-dealkylation sites (N-methyl/N-ethyl adjacent to an activating group) is 1. The van der Waals surface area contributed by atoms with Crippen LogP contribution >= 0.6 is 11.6 Å². The lowest BCUT2D eigenvalue weighted by atomic mass is 10.0. The maximum atomic E-state index is 13.1. The number of benzene rings is 2. The van der Waals surface area contributed by atoms with Gasteiger partial charge in [0.1, 0.15) is 18.0 Å².